The molecule has 18 heavy (non-hydrogen) atoms. The maximum atomic E-state index is 6.18. The molecule has 0 saturated heterocycles. The molecule has 0 bridgehead atoms. The molecule has 2 N–H and O–H groups in total. The second kappa shape index (κ2) is 9.80. The summed E-state index contributed by atoms with van der Waals surface area (Å²) < 4.78 is 6.18. The second-order valence-corrected chi connectivity index (χ2v) is 5.92. The predicted octanol–water partition coefficient (Wildman–Crippen LogP) is 4.42. The highest BCUT2D eigenvalue weighted by Crippen LogP contribution is 2.29. The Morgan fingerprint density at radius 2 is 1.50 bits per heavy atom. The lowest BCUT2D eigenvalue weighted by Crippen LogP contribution is -2.40. The van der Waals surface area contributed by atoms with E-state index >= 15 is 0 Å². The van der Waals surface area contributed by atoms with Gasteiger partial charge in [0.05, 0.1) is 5.60 Å². The van der Waals surface area contributed by atoms with Gasteiger partial charge in [0, 0.05) is 13.2 Å². The molecular formula is C16H33NO. The Labute approximate surface area is 114 Å². The topological polar surface area (TPSA) is 35.2 Å². The first-order chi connectivity index (χ1) is 8.83. The Morgan fingerprint density at radius 1 is 0.889 bits per heavy atom. The molecule has 0 atom stereocenters. The molecule has 108 valence electrons. The van der Waals surface area contributed by atoms with Gasteiger partial charge in [0.2, 0.25) is 0 Å². The quantitative estimate of drug-likeness (QED) is 0.489. The van der Waals surface area contributed by atoms with Crippen molar-refractivity contribution in [3.05, 3.63) is 0 Å². The third-order valence-electron chi connectivity index (χ3n) is 4.29. The highest BCUT2D eigenvalue weighted by Gasteiger charge is 2.29. The summed E-state index contributed by atoms with van der Waals surface area (Å²) in [4.78, 5) is 0. The van der Waals surface area contributed by atoms with Crippen LogP contribution in [0.2, 0.25) is 0 Å². The van der Waals surface area contributed by atoms with Gasteiger partial charge in [0.15, 0.2) is 0 Å². The van der Waals surface area contributed by atoms with Crippen LogP contribution in [-0.4, -0.2) is 18.8 Å². The molecule has 0 spiro atoms. The normalized spacial score (nSPS) is 19.7. The van der Waals surface area contributed by atoms with Gasteiger partial charge in [-0.2, -0.15) is 0 Å². The predicted molar refractivity (Wildman–Crippen MR) is 78.8 cm³/mol. The summed E-state index contributed by atoms with van der Waals surface area (Å²) in [6.07, 6.45) is 15.7. The van der Waals surface area contributed by atoms with Crippen molar-refractivity contribution >= 4 is 0 Å². The van der Waals surface area contributed by atoms with E-state index in [2.05, 4.69) is 6.92 Å². The van der Waals surface area contributed by atoms with Crippen LogP contribution in [-0.2, 0) is 4.74 Å². The summed E-state index contributed by atoms with van der Waals surface area (Å²) >= 11 is 0. The lowest BCUT2D eigenvalue weighted by Gasteiger charge is -2.31. The average Bonchev–Trinajstić information content (AvgIpc) is 2.64. The van der Waals surface area contributed by atoms with E-state index in [1.54, 1.807) is 0 Å². The molecule has 2 nitrogen and oxygen atoms in total. The van der Waals surface area contributed by atoms with Crippen molar-refractivity contribution in [3.8, 4) is 0 Å². The van der Waals surface area contributed by atoms with Gasteiger partial charge in [-0.05, 0) is 19.3 Å². The minimum Gasteiger partial charge on any atom is -0.374 e. The molecule has 0 unspecified atom stereocenters. The molecule has 0 aromatic heterocycles. The Bertz CT molecular complexity index is 186. The van der Waals surface area contributed by atoms with Crippen LogP contribution in [0.5, 0.6) is 0 Å². The molecule has 1 aliphatic rings. The number of nitrogens with two attached hydrogens (primary N) is 1. The molecule has 1 saturated carbocycles. The Morgan fingerprint density at radius 3 is 2.11 bits per heavy atom. The van der Waals surface area contributed by atoms with E-state index in [1.165, 1.54) is 77.0 Å². The van der Waals surface area contributed by atoms with E-state index in [1.807, 2.05) is 0 Å². The zero-order valence-electron chi connectivity index (χ0n) is 12.4. The zero-order valence-corrected chi connectivity index (χ0v) is 12.4. The summed E-state index contributed by atoms with van der Waals surface area (Å²) in [5.41, 5.74) is 5.99. The van der Waals surface area contributed by atoms with Crippen molar-refractivity contribution < 1.29 is 4.74 Å². The standard InChI is InChI=1S/C16H33NO/c1-2-3-4-5-8-11-14-18-16(15-17)12-9-6-7-10-13-16/h2-15,17H2,1H3. The summed E-state index contributed by atoms with van der Waals surface area (Å²) in [5, 5.41) is 0. The van der Waals surface area contributed by atoms with Gasteiger partial charge in [0.25, 0.3) is 0 Å². The Kier molecular flexibility index (Phi) is 8.70. The number of unbranched alkanes of at least 4 members (excludes halogenated alkanes) is 5. The first kappa shape index (κ1) is 16.0. The summed E-state index contributed by atoms with van der Waals surface area (Å²) in [5.74, 6) is 0. The van der Waals surface area contributed by atoms with Gasteiger partial charge in [-0.25, -0.2) is 0 Å². The van der Waals surface area contributed by atoms with Crippen molar-refractivity contribution in [1.82, 2.24) is 0 Å². The molecule has 1 fully saturated rings. The Hall–Kier alpha value is -0.0800. The third kappa shape index (κ3) is 6.19. The fourth-order valence-electron chi connectivity index (χ4n) is 2.95. The lowest BCUT2D eigenvalue weighted by molar-refractivity contribution is -0.0507. The molecule has 0 heterocycles. The van der Waals surface area contributed by atoms with E-state index in [4.69, 9.17) is 10.5 Å². The van der Waals surface area contributed by atoms with Crippen molar-refractivity contribution in [3.63, 3.8) is 0 Å². The fraction of sp³-hybridized carbons (Fsp3) is 1.00. The molecule has 0 aliphatic heterocycles. The van der Waals surface area contributed by atoms with Crippen molar-refractivity contribution in [2.45, 2.75) is 89.6 Å². The van der Waals surface area contributed by atoms with E-state index in [-0.39, 0.29) is 5.60 Å². The largest absolute Gasteiger partial charge is 0.374 e. The zero-order chi connectivity index (χ0) is 13.1. The third-order valence-corrected chi connectivity index (χ3v) is 4.29. The van der Waals surface area contributed by atoms with Crippen LogP contribution in [0.4, 0.5) is 0 Å². The SMILES string of the molecule is CCCCCCCCOC1(CN)CCCCCC1. The van der Waals surface area contributed by atoms with Crippen LogP contribution in [0.3, 0.4) is 0 Å². The minimum atomic E-state index is 0.0277. The maximum Gasteiger partial charge on any atom is 0.0804 e. The van der Waals surface area contributed by atoms with Crippen molar-refractivity contribution in [2.75, 3.05) is 13.2 Å². The molecular weight excluding hydrogens is 222 g/mol. The van der Waals surface area contributed by atoms with Crippen LogP contribution in [0.15, 0.2) is 0 Å². The molecule has 1 aliphatic carbocycles. The van der Waals surface area contributed by atoms with E-state index in [0.29, 0.717) is 6.54 Å². The number of rotatable bonds is 9. The molecule has 0 aromatic rings. The molecule has 0 amide bonds. The first-order valence-corrected chi connectivity index (χ1v) is 8.17. The number of hydrogen-bond donors (Lipinski definition) is 1. The van der Waals surface area contributed by atoms with Crippen LogP contribution in [0, 0.1) is 0 Å². The van der Waals surface area contributed by atoms with Crippen LogP contribution >= 0.6 is 0 Å². The minimum absolute atomic E-state index is 0.0277. The highest BCUT2D eigenvalue weighted by atomic mass is 16.5. The highest BCUT2D eigenvalue weighted by molar-refractivity contribution is 4.84. The van der Waals surface area contributed by atoms with Gasteiger partial charge in [-0.15, -0.1) is 0 Å². The average molecular weight is 255 g/mol. The van der Waals surface area contributed by atoms with Gasteiger partial charge in [0.1, 0.15) is 0 Å². The van der Waals surface area contributed by atoms with E-state index in [9.17, 15) is 0 Å². The number of ether oxygens (including phenoxy) is 1. The van der Waals surface area contributed by atoms with Gasteiger partial charge < -0.3 is 10.5 Å². The number of hydrogen-bond acceptors (Lipinski definition) is 2. The lowest BCUT2D eigenvalue weighted by atomic mass is 9.94. The van der Waals surface area contributed by atoms with Gasteiger partial charge >= 0.3 is 0 Å². The molecule has 0 radical (unpaired) electrons. The Balaban J connectivity index is 2.10. The fourth-order valence-corrected chi connectivity index (χ4v) is 2.95. The van der Waals surface area contributed by atoms with Crippen molar-refractivity contribution in [1.29, 1.82) is 0 Å². The first-order valence-electron chi connectivity index (χ1n) is 8.17. The molecule has 0 aromatic carbocycles. The van der Waals surface area contributed by atoms with Gasteiger partial charge in [-0.3, -0.25) is 0 Å². The molecule has 1 rings (SSSR count). The van der Waals surface area contributed by atoms with Crippen LogP contribution in [0.25, 0.3) is 0 Å². The smallest absolute Gasteiger partial charge is 0.0804 e. The van der Waals surface area contributed by atoms with Crippen molar-refractivity contribution in [2.24, 2.45) is 5.73 Å². The van der Waals surface area contributed by atoms with Crippen LogP contribution in [0.1, 0.15) is 84.0 Å². The monoisotopic (exact) mass is 255 g/mol. The second-order valence-electron chi connectivity index (χ2n) is 5.92. The summed E-state index contributed by atoms with van der Waals surface area (Å²) in [6, 6.07) is 0. The van der Waals surface area contributed by atoms with E-state index < -0.39 is 0 Å². The summed E-state index contributed by atoms with van der Waals surface area (Å²) in [6.45, 7) is 3.90. The van der Waals surface area contributed by atoms with Crippen LogP contribution < -0.4 is 5.73 Å². The summed E-state index contributed by atoms with van der Waals surface area (Å²) in [7, 11) is 0. The van der Waals surface area contributed by atoms with Gasteiger partial charge in [-0.1, -0.05) is 64.7 Å². The maximum absolute atomic E-state index is 6.18. The van der Waals surface area contributed by atoms with E-state index in [0.717, 1.165) is 6.61 Å². The molecule has 2 heteroatoms.